The zero-order valence-corrected chi connectivity index (χ0v) is 16.2. The lowest BCUT2D eigenvalue weighted by Crippen LogP contribution is -2.31. The second kappa shape index (κ2) is 7.57. The zero-order chi connectivity index (χ0) is 21.4. The van der Waals surface area contributed by atoms with E-state index in [1.54, 1.807) is 6.92 Å². The number of amides is 1. The Morgan fingerprint density at radius 3 is 2.41 bits per heavy atom. The summed E-state index contributed by atoms with van der Waals surface area (Å²) in [5.41, 5.74) is 2.73. The Hall–Kier alpha value is -2.19. The maximum Gasteiger partial charge on any atom is 0.422 e. The van der Waals surface area contributed by atoms with E-state index in [2.05, 4.69) is 4.98 Å². The van der Waals surface area contributed by atoms with Gasteiger partial charge in [-0.25, -0.2) is 4.39 Å². The molecule has 1 amide bonds. The molecule has 160 valence electrons. The van der Waals surface area contributed by atoms with Crippen LogP contribution < -0.4 is 10.5 Å². The second-order valence-corrected chi connectivity index (χ2v) is 8.46. The van der Waals surface area contributed by atoms with Gasteiger partial charge in [0.1, 0.15) is 17.1 Å². The van der Waals surface area contributed by atoms with E-state index in [-0.39, 0.29) is 48.6 Å². The van der Waals surface area contributed by atoms with Crippen LogP contribution in [0.1, 0.15) is 67.9 Å². The van der Waals surface area contributed by atoms with Crippen LogP contribution in [0.2, 0.25) is 0 Å². The highest BCUT2D eigenvalue weighted by Gasteiger charge is 2.45. The number of carbonyl (C=O) groups is 2. The van der Waals surface area contributed by atoms with E-state index in [4.69, 9.17) is 10.5 Å². The summed E-state index contributed by atoms with van der Waals surface area (Å²) in [6.45, 7) is 0.211. The number of alkyl halides is 4. The third kappa shape index (κ3) is 5.05. The van der Waals surface area contributed by atoms with Gasteiger partial charge in [0.05, 0.1) is 0 Å². The normalized spacial score (nSPS) is 20.4. The molecule has 1 aromatic rings. The average molecular weight is 416 g/mol. The van der Waals surface area contributed by atoms with Crippen molar-refractivity contribution in [3.05, 3.63) is 23.5 Å². The number of hydrogen-bond acceptors (Lipinski definition) is 4. The zero-order valence-electron chi connectivity index (χ0n) is 16.2. The molecule has 2 aliphatic carbocycles. The SMILES string of the molecule is CC(CC(N)=O)(CC(=O)c1cc(OCC(F)(F)F)c(C2(F)CCC2)cn1)C1CC1. The third-order valence-electron chi connectivity index (χ3n) is 5.88. The Morgan fingerprint density at radius 2 is 1.93 bits per heavy atom. The quantitative estimate of drug-likeness (QED) is 0.482. The van der Waals surface area contributed by atoms with Crippen molar-refractivity contribution in [1.82, 2.24) is 4.98 Å². The predicted molar refractivity (Wildman–Crippen MR) is 96.0 cm³/mol. The summed E-state index contributed by atoms with van der Waals surface area (Å²) in [4.78, 5) is 28.2. The van der Waals surface area contributed by atoms with Gasteiger partial charge >= 0.3 is 6.18 Å². The minimum Gasteiger partial charge on any atom is -0.484 e. The molecule has 2 N–H and O–H groups in total. The molecule has 0 radical (unpaired) electrons. The first-order valence-electron chi connectivity index (χ1n) is 9.62. The number of pyridine rings is 1. The standard InChI is InChI=1S/C20H24F4N2O3/c1-18(9-17(25)28,12-3-4-12)8-15(27)14-7-16(29-11-20(22,23)24)13(10-26-14)19(21)5-2-6-19/h7,10,12H,2-6,8-9,11H2,1H3,(H2,25,28). The largest absolute Gasteiger partial charge is 0.484 e. The smallest absolute Gasteiger partial charge is 0.422 e. The molecule has 9 heteroatoms. The summed E-state index contributed by atoms with van der Waals surface area (Å²) in [5, 5.41) is 0. The van der Waals surface area contributed by atoms with E-state index >= 15 is 0 Å². The molecule has 5 nitrogen and oxygen atoms in total. The van der Waals surface area contributed by atoms with E-state index < -0.39 is 35.6 Å². The molecule has 3 rings (SSSR count). The Bertz CT molecular complexity index is 803. The van der Waals surface area contributed by atoms with Crippen molar-refractivity contribution in [2.24, 2.45) is 17.1 Å². The van der Waals surface area contributed by atoms with E-state index in [0.29, 0.717) is 6.42 Å². The fraction of sp³-hybridized carbons (Fsp3) is 0.650. The van der Waals surface area contributed by atoms with E-state index in [9.17, 15) is 27.2 Å². The number of halogens is 4. The maximum atomic E-state index is 14.8. The monoisotopic (exact) mass is 416 g/mol. The van der Waals surface area contributed by atoms with Crippen LogP contribution in [-0.2, 0) is 10.5 Å². The molecule has 0 aromatic carbocycles. The highest BCUT2D eigenvalue weighted by molar-refractivity contribution is 5.95. The van der Waals surface area contributed by atoms with Crippen LogP contribution >= 0.6 is 0 Å². The number of nitrogens with two attached hydrogens (primary N) is 1. The Labute approximate surface area is 166 Å². The van der Waals surface area contributed by atoms with Crippen molar-refractivity contribution in [3.8, 4) is 5.75 Å². The number of rotatable bonds is 9. The molecule has 1 aromatic heterocycles. The van der Waals surface area contributed by atoms with Gasteiger partial charge in [-0.05, 0) is 43.4 Å². The number of ketones is 1. The fourth-order valence-electron chi connectivity index (χ4n) is 3.95. The number of nitrogens with zero attached hydrogens (tertiary/aromatic N) is 1. The molecule has 0 saturated heterocycles. The summed E-state index contributed by atoms with van der Waals surface area (Å²) in [6, 6.07) is 1.08. The van der Waals surface area contributed by atoms with Crippen molar-refractivity contribution in [2.75, 3.05) is 6.61 Å². The highest BCUT2D eigenvalue weighted by Crippen LogP contribution is 2.51. The minimum absolute atomic E-state index is 0.0214. The Morgan fingerprint density at radius 1 is 1.28 bits per heavy atom. The molecular weight excluding hydrogens is 392 g/mol. The molecule has 2 aliphatic rings. The van der Waals surface area contributed by atoms with Gasteiger partial charge in [0.2, 0.25) is 5.91 Å². The van der Waals surface area contributed by atoms with Crippen molar-refractivity contribution in [3.63, 3.8) is 0 Å². The van der Waals surface area contributed by atoms with Crippen LogP contribution in [0.25, 0.3) is 0 Å². The second-order valence-electron chi connectivity index (χ2n) is 8.46. The van der Waals surface area contributed by atoms with Gasteiger partial charge in [0.15, 0.2) is 12.4 Å². The Balaban J connectivity index is 1.84. The lowest BCUT2D eigenvalue weighted by atomic mass is 9.75. The lowest BCUT2D eigenvalue weighted by molar-refractivity contribution is -0.154. The molecular formula is C20H24F4N2O3. The predicted octanol–water partition coefficient (Wildman–Crippen LogP) is 4.24. The van der Waals surface area contributed by atoms with Crippen molar-refractivity contribution in [2.45, 2.75) is 63.7 Å². The number of Topliss-reactive ketones (excluding diaryl/α,β-unsaturated/α-hetero) is 1. The molecule has 2 saturated carbocycles. The molecule has 1 unspecified atom stereocenters. The molecule has 0 bridgehead atoms. The van der Waals surface area contributed by atoms with E-state index in [0.717, 1.165) is 25.1 Å². The van der Waals surface area contributed by atoms with Gasteiger partial charge in [0.25, 0.3) is 0 Å². The Kier molecular flexibility index (Phi) is 5.62. The van der Waals surface area contributed by atoms with Gasteiger partial charge in [-0.3, -0.25) is 14.6 Å². The van der Waals surface area contributed by atoms with Gasteiger partial charge in [-0.1, -0.05) is 6.92 Å². The summed E-state index contributed by atoms with van der Waals surface area (Å²) in [6.07, 6.45) is -0.769. The molecule has 2 fully saturated rings. The highest BCUT2D eigenvalue weighted by atomic mass is 19.4. The summed E-state index contributed by atoms with van der Waals surface area (Å²) in [5.74, 6) is -1.09. The summed E-state index contributed by atoms with van der Waals surface area (Å²) >= 11 is 0. The van der Waals surface area contributed by atoms with Crippen LogP contribution in [0.5, 0.6) is 5.75 Å². The topological polar surface area (TPSA) is 82.3 Å². The number of aromatic nitrogens is 1. The van der Waals surface area contributed by atoms with Gasteiger partial charge in [-0.15, -0.1) is 0 Å². The summed E-state index contributed by atoms with van der Waals surface area (Å²) < 4.78 is 57.5. The maximum absolute atomic E-state index is 14.8. The minimum atomic E-state index is -4.60. The van der Waals surface area contributed by atoms with Gasteiger partial charge < -0.3 is 10.5 Å². The molecule has 1 heterocycles. The van der Waals surface area contributed by atoms with Crippen molar-refractivity contribution in [1.29, 1.82) is 0 Å². The number of hydrogen-bond donors (Lipinski definition) is 1. The van der Waals surface area contributed by atoms with Crippen molar-refractivity contribution < 1.29 is 31.9 Å². The summed E-state index contributed by atoms with van der Waals surface area (Å²) in [7, 11) is 0. The van der Waals surface area contributed by atoms with Gasteiger partial charge in [0, 0.05) is 30.7 Å². The lowest BCUT2D eigenvalue weighted by Gasteiger charge is -2.35. The molecule has 1 atom stereocenters. The van der Waals surface area contributed by atoms with Crippen LogP contribution in [0, 0.1) is 11.3 Å². The van der Waals surface area contributed by atoms with Crippen LogP contribution in [0.4, 0.5) is 17.6 Å². The first kappa shape index (κ1) is 21.5. The fourth-order valence-corrected chi connectivity index (χ4v) is 3.95. The van der Waals surface area contributed by atoms with Crippen LogP contribution in [0.15, 0.2) is 12.3 Å². The molecule has 29 heavy (non-hydrogen) atoms. The van der Waals surface area contributed by atoms with Crippen molar-refractivity contribution >= 4 is 11.7 Å². The van der Waals surface area contributed by atoms with E-state index in [1.807, 2.05) is 0 Å². The van der Waals surface area contributed by atoms with Gasteiger partial charge in [-0.2, -0.15) is 13.2 Å². The molecule has 0 aliphatic heterocycles. The first-order valence-corrected chi connectivity index (χ1v) is 9.62. The number of primary amides is 1. The molecule has 0 spiro atoms. The number of ether oxygens (including phenoxy) is 1. The average Bonchev–Trinajstić information content (AvgIpc) is 3.41. The van der Waals surface area contributed by atoms with Crippen LogP contribution in [0.3, 0.4) is 0 Å². The van der Waals surface area contributed by atoms with Crippen LogP contribution in [-0.4, -0.2) is 29.5 Å². The third-order valence-corrected chi connectivity index (χ3v) is 5.88. The first-order chi connectivity index (χ1) is 13.4. The van der Waals surface area contributed by atoms with E-state index in [1.165, 1.54) is 0 Å². The number of carbonyl (C=O) groups excluding carboxylic acids is 2.